The zero-order chi connectivity index (χ0) is 12.9. The van der Waals surface area contributed by atoms with Crippen molar-refractivity contribution in [3.05, 3.63) is 33.8 Å². The quantitative estimate of drug-likeness (QED) is 0.882. The first-order valence-corrected chi connectivity index (χ1v) is 6.42. The van der Waals surface area contributed by atoms with Gasteiger partial charge < -0.3 is 5.73 Å². The second kappa shape index (κ2) is 6.26. The number of halogens is 2. The summed E-state index contributed by atoms with van der Waals surface area (Å²) in [6, 6.07) is 7.53. The smallest absolute Gasteiger partial charge is 0.0958 e. The van der Waals surface area contributed by atoms with E-state index >= 15 is 0 Å². The minimum Gasteiger partial charge on any atom is -0.329 e. The number of benzene rings is 1. The van der Waals surface area contributed by atoms with Gasteiger partial charge in [0, 0.05) is 16.6 Å². The van der Waals surface area contributed by atoms with Gasteiger partial charge in [0.15, 0.2) is 0 Å². The Morgan fingerprint density at radius 2 is 2.12 bits per heavy atom. The van der Waals surface area contributed by atoms with Crippen molar-refractivity contribution in [1.29, 1.82) is 5.26 Å². The summed E-state index contributed by atoms with van der Waals surface area (Å²) in [5.41, 5.74) is 5.87. The van der Waals surface area contributed by atoms with Gasteiger partial charge in [0.2, 0.25) is 0 Å². The molecule has 1 unspecified atom stereocenters. The molecule has 0 radical (unpaired) electrons. The van der Waals surface area contributed by atoms with Crippen molar-refractivity contribution in [2.45, 2.75) is 31.6 Å². The third-order valence-electron chi connectivity index (χ3n) is 2.97. The lowest BCUT2D eigenvalue weighted by molar-refractivity contribution is 0.489. The van der Waals surface area contributed by atoms with Gasteiger partial charge in [-0.2, -0.15) is 5.26 Å². The Bertz CT molecular complexity index is 426. The van der Waals surface area contributed by atoms with Crippen LogP contribution in [0.25, 0.3) is 0 Å². The average Bonchev–Trinajstić information content (AvgIpc) is 2.32. The summed E-state index contributed by atoms with van der Waals surface area (Å²) < 4.78 is 0. The van der Waals surface area contributed by atoms with Gasteiger partial charge in [-0.25, -0.2) is 0 Å². The molecule has 0 aliphatic heterocycles. The third kappa shape index (κ3) is 3.13. The Labute approximate surface area is 112 Å². The number of rotatable bonds is 5. The van der Waals surface area contributed by atoms with Crippen molar-refractivity contribution in [3.63, 3.8) is 0 Å². The highest BCUT2D eigenvalue weighted by Gasteiger charge is 2.32. The SMILES string of the molecule is CCCCC(C#N)(CN)c1ccc(Cl)cc1Cl. The number of nitrogens with zero attached hydrogens (tertiary/aromatic N) is 1. The van der Waals surface area contributed by atoms with Crippen LogP contribution in [-0.2, 0) is 5.41 Å². The van der Waals surface area contributed by atoms with Crippen LogP contribution < -0.4 is 5.73 Å². The van der Waals surface area contributed by atoms with Crippen LogP contribution in [0.1, 0.15) is 31.7 Å². The monoisotopic (exact) mass is 270 g/mol. The zero-order valence-corrected chi connectivity index (χ0v) is 11.4. The van der Waals surface area contributed by atoms with Gasteiger partial charge in [-0.1, -0.05) is 49.0 Å². The predicted molar refractivity (Wildman–Crippen MR) is 72.3 cm³/mol. The van der Waals surface area contributed by atoms with Crippen molar-refractivity contribution in [2.24, 2.45) is 5.73 Å². The summed E-state index contributed by atoms with van der Waals surface area (Å²) in [7, 11) is 0. The largest absolute Gasteiger partial charge is 0.329 e. The molecule has 1 aromatic carbocycles. The van der Waals surface area contributed by atoms with Crippen LogP contribution in [0.4, 0.5) is 0 Å². The van der Waals surface area contributed by atoms with Gasteiger partial charge in [-0.05, 0) is 24.1 Å². The van der Waals surface area contributed by atoms with Gasteiger partial charge >= 0.3 is 0 Å². The molecule has 17 heavy (non-hydrogen) atoms. The van der Waals surface area contributed by atoms with E-state index < -0.39 is 5.41 Å². The average molecular weight is 271 g/mol. The number of unbranched alkanes of at least 4 members (excludes halogenated alkanes) is 1. The maximum Gasteiger partial charge on any atom is 0.0958 e. The first kappa shape index (κ1) is 14.3. The van der Waals surface area contributed by atoms with Gasteiger partial charge in [0.25, 0.3) is 0 Å². The van der Waals surface area contributed by atoms with E-state index in [1.54, 1.807) is 18.2 Å². The van der Waals surface area contributed by atoms with Crippen LogP contribution in [0.15, 0.2) is 18.2 Å². The molecular formula is C13H16Cl2N2. The van der Waals surface area contributed by atoms with Crippen LogP contribution in [-0.4, -0.2) is 6.54 Å². The molecule has 0 aliphatic rings. The van der Waals surface area contributed by atoms with E-state index in [9.17, 15) is 5.26 Å². The molecular weight excluding hydrogens is 255 g/mol. The van der Waals surface area contributed by atoms with E-state index in [1.165, 1.54) is 0 Å². The first-order chi connectivity index (χ1) is 8.09. The Kier molecular flexibility index (Phi) is 5.27. The number of hydrogen-bond acceptors (Lipinski definition) is 2. The molecule has 0 aliphatic carbocycles. The van der Waals surface area contributed by atoms with Crippen LogP contribution >= 0.6 is 23.2 Å². The number of hydrogen-bond donors (Lipinski definition) is 1. The van der Waals surface area contributed by atoms with E-state index in [4.69, 9.17) is 28.9 Å². The Balaban J connectivity index is 3.18. The van der Waals surface area contributed by atoms with Crippen molar-refractivity contribution in [2.75, 3.05) is 6.54 Å². The summed E-state index contributed by atoms with van der Waals surface area (Å²) in [6.07, 6.45) is 2.69. The molecule has 0 heterocycles. The Morgan fingerprint density at radius 1 is 1.41 bits per heavy atom. The fraction of sp³-hybridized carbons (Fsp3) is 0.462. The maximum absolute atomic E-state index is 9.43. The van der Waals surface area contributed by atoms with Crippen molar-refractivity contribution in [3.8, 4) is 6.07 Å². The molecule has 1 aromatic rings. The van der Waals surface area contributed by atoms with Gasteiger partial charge in [0.1, 0.15) is 0 Å². The summed E-state index contributed by atoms with van der Waals surface area (Å²) in [4.78, 5) is 0. The molecule has 2 nitrogen and oxygen atoms in total. The highest BCUT2D eigenvalue weighted by Crippen LogP contribution is 2.35. The minimum atomic E-state index is -0.697. The molecule has 1 atom stereocenters. The highest BCUT2D eigenvalue weighted by atomic mass is 35.5. The molecule has 4 heteroatoms. The van der Waals surface area contributed by atoms with Gasteiger partial charge in [-0.3, -0.25) is 0 Å². The Hall–Kier alpha value is -0.750. The summed E-state index contributed by atoms with van der Waals surface area (Å²) >= 11 is 12.0. The number of nitrogens with two attached hydrogens (primary N) is 1. The van der Waals surface area contributed by atoms with Crippen molar-refractivity contribution >= 4 is 23.2 Å². The number of nitriles is 1. The fourth-order valence-electron chi connectivity index (χ4n) is 1.86. The molecule has 0 amide bonds. The predicted octanol–water partition coefficient (Wildman–Crippen LogP) is 3.90. The lowest BCUT2D eigenvalue weighted by atomic mass is 9.77. The van der Waals surface area contributed by atoms with E-state index in [1.807, 2.05) is 0 Å². The van der Waals surface area contributed by atoms with E-state index in [0.717, 1.165) is 24.8 Å². The summed E-state index contributed by atoms with van der Waals surface area (Å²) in [5.74, 6) is 0. The molecule has 0 spiro atoms. The highest BCUT2D eigenvalue weighted by molar-refractivity contribution is 6.35. The molecule has 0 saturated heterocycles. The standard InChI is InChI=1S/C13H16Cl2N2/c1-2-3-6-13(8-16,9-17)11-5-4-10(14)7-12(11)15/h4-5,7H,2-3,6,8,16H2,1H3. The third-order valence-corrected chi connectivity index (χ3v) is 3.51. The molecule has 0 fully saturated rings. The van der Waals surface area contributed by atoms with Crippen molar-refractivity contribution < 1.29 is 0 Å². The molecule has 0 saturated carbocycles. The lowest BCUT2D eigenvalue weighted by Crippen LogP contribution is -2.34. The molecule has 2 N–H and O–H groups in total. The fourth-order valence-corrected chi connectivity index (χ4v) is 2.45. The summed E-state index contributed by atoms with van der Waals surface area (Å²) in [5, 5.41) is 10.5. The second-order valence-corrected chi connectivity index (χ2v) is 4.97. The normalized spacial score (nSPS) is 14.1. The first-order valence-electron chi connectivity index (χ1n) is 5.66. The molecule has 1 rings (SSSR count). The van der Waals surface area contributed by atoms with Crippen molar-refractivity contribution in [1.82, 2.24) is 0 Å². The zero-order valence-electron chi connectivity index (χ0n) is 9.84. The van der Waals surface area contributed by atoms with Crippen LogP contribution in [0.3, 0.4) is 0 Å². The summed E-state index contributed by atoms with van der Waals surface area (Å²) in [6.45, 7) is 2.35. The lowest BCUT2D eigenvalue weighted by Gasteiger charge is -2.26. The molecule has 92 valence electrons. The van der Waals surface area contributed by atoms with Gasteiger partial charge in [0.05, 0.1) is 11.5 Å². The molecule has 0 bridgehead atoms. The van der Waals surface area contributed by atoms with Crippen LogP contribution in [0.5, 0.6) is 0 Å². The minimum absolute atomic E-state index is 0.269. The second-order valence-electron chi connectivity index (χ2n) is 4.13. The van der Waals surface area contributed by atoms with E-state index in [-0.39, 0.29) is 6.54 Å². The van der Waals surface area contributed by atoms with E-state index in [2.05, 4.69) is 13.0 Å². The van der Waals surface area contributed by atoms with Crippen LogP contribution in [0, 0.1) is 11.3 Å². The van der Waals surface area contributed by atoms with Gasteiger partial charge in [-0.15, -0.1) is 0 Å². The maximum atomic E-state index is 9.43. The van der Waals surface area contributed by atoms with E-state index in [0.29, 0.717) is 10.0 Å². The molecule has 0 aromatic heterocycles. The Morgan fingerprint density at radius 3 is 2.59 bits per heavy atom. The van der Waals surface area contributed by atoms with Crippen LogP contribution in [0.2, 0.25) is 10.0 Å². The topological polar surface area (TPSA) is 49.8 Å².